The van der Waals surface area contributed by atoms with E-state index >= 15 is 0 Å². The third kappa shape index (κ3) is 0.998. The number of carbonyl (C=O) groups is 2. The number of carbonyl (C=O) groups excluding carboxylic acids is 2. The monoisotopic (exact) mass is 157 g/mol. The van der Waals surface area contributed by atoms with Crippen LogP contribution >= 0.6 is 11.6 Å². The second kappa shape index (κ2) is 2.34. The first-order chi connectivity index (χ1) is 4.63. The standard InChI is InChI=1S/C6H4ClNO2/c7-5-3(9)1-2-4(10)6(5)8/h1-2,5,8H. The molecule has 4 heteroatoms. The van der Waals surface area contributed by atoms with Crippen LogP contribution in [0.15, 0.2) is 12.2 Å². The zero-order valence-electron chi connectivity index (χ0n) is 4.93. The lowest BCUT2D eigenvalue weighted by molar-refractivity contribution is -0.115. The van der Waals surface area contributed by atoms with Crippen LogP contribution in [0.4, 0.5) is 0 Å². The number of rotatable bonds is 0. The van der Waals surface area contributed by atoms with Gasteiger partial charge in [-0.05, 0) is 12.2 Å². The second-order valence-electron chi connectivity index (χ2n) is 1.88. The summed E-state index contributed by atoms with van der Waals surface area (Å²) in [4.78, 5) is 21.2. The van der Waals surface area contributed by atoms with Gasteiger partial charge in [0.1, 0.15) is 11.1 Å². The second-order valence-corrected chi connectivity index (χ2v) is 2.31. The fourth-order valence-electron chi connectivity index (χ4n) is 0.599. The molecule has 0 aromatic carbocycles. The topological polar surface area (TPSA) is 58.0 Å². The predicted molar refractivity (Wildman–Crippen MR) is 36.5 cm³/mol. The lowest BCUT2D eigenvalue weighted by Crippen LogP contribution is -2.32. The van der Waals surface area contributed by atoms with Crippen molar-refractivity contribution in [3.05, 3.63) is 12.2 Å². The summed E-state index contributed by atoms with van der Waals surface area (Å²) < 4.78 is 0. The Kier molecular flexibility index (Phi) is 1.68. The van der Waals surface area contributed by atoms with Crippen molar-refractivity contribution in [2.24, 2.45) is 0 Å². The van der Waals surface area contributed by atoms with E-state index in [4.69, 9.17) is 17.0 Å². The van der Waals surface area contributed by atoms with Gasteiger partial charge in [-0.2, -0.15) is 0 Å². The normalized spacial score (nSPS) is 25.7. The number of hydrogen-bond donors (Lipinski definition) is 1. The molecular formula is C6H4ClNO2. The largest absolute Gasteiger partial charge is 0.299 e. The van der Waals surface area contributed by atoms with Crippen LogP contribution in [-0.2, 0) is 9.59 Å². The van der Waals surface area contributed by atoms with Gasteiger partial charge >= 0.3 is 0 Å². The molecule has 0 aromatic heterocycles. The Balaban J connectivity index is 3.00. The highest BCUT2D eigenvalue weighted by molar-refractivity contribution is 6.61. The lowest BCUT2D eigenvalue weighted by atomic mass is 10.0. The van der Waals surface area contributed by atoms with Gasteiger partial charge in [0.2, 0.25) is 5.78 Å². The fraction of sp³-hybridized carbons (Fsp3) is 0.167. The molecule has 1 atom stereocenters. The summed E-state index contributed by atoms with van der Waals surface area (Å²) in [6.45, 7) is 0. The summed E-state index contributed by atoms with van der Waals surface area (Å²) in [6.07, 6.45) is 2.15. The summed E-state index contributed by atoms with van der Waals surface area (Å²) >= 11 is 5.37. The zero-order chi connectivity index (χ0) is 7.72. The Morgan fingerprint density at radius 2 is 2.00 bits per heavy atom. The molecule has 1 aliphatic carbocycles. The average Bonchev–Trinajstić information content (AvgIpc) is 1.93. The molecule has 0 saturated heterocycles. The Morgan fingerprint density at radius 3 is 2.50 bits per heavy atom. The smallest absolute Gasteiger partial charge is 0.201 e. The van der Waals surface area contributed by atoms with E-state index in [1.807, 2.05) is 0 Å². The van der Waals surface area contributed by atoms with Crippen molar-refractivity contribution in [1.82, 2.24) is 0 Å². The molecule has 1 N–H and O–H groups in total. The van der Waals surface area contributed by atoms with Crippen LogP contribution in [0.3, 0.4) is 0 Å². The number of ketones is 2. The van der Waals surface area contributed by atoms with Crippen molar-refractivity contribution >= 4 is 28.9 Å². The van der Waals surface area contributed by atoms with E-state index in [1.165, 1.54) is 0 Å². The molecule has 0 aromatic rings. The Hall–Kier alpha value is -0.960. The molecule has 1 rings (SSSR count). The maximum absolute atomic E-state index is 10.6. The highest BCUT2D eigenvalue weighted by Gasteiger charge is 2.26. The predicted octanol–water partition coefficient (Wildman–Crippen LogP) is 0.322. The van der Waals surface area contributed by atoms with Crippen LogP contribution in [-0.4, -0.2) is 22.7 Å². The molecule has 0 heterocycles. The summed E-state index contributed by atoms with van der Waals surface area (Å²) in [5, 5.41) is 5.91. The quantitative estimate of drug-likeness (QED) is 0.515. The molecule has 0 fully saturated rings. The first kappa shape index (κ1) is 7.15. The number of alkyl halides is 1. The van der Waals surface area contributed by atoms with E-state index in [1.54, 1.807) is 0 Å². The number of halogens is 1. The molecule has 0 saturated carbocycles. The molecule has 3 nitrogen and oxygen atoms in total. The van der Waals surface area contributed by atoms with Crippen LogP contribution in [0.25, 0.3) is 0 Å². The van der Waals surface area contributed by atoms with E-state index in [2.05, 4.69) is 0 Å². The van der Waals surface area contributed by atoms with Crippen LogP contribution in [0.5, 0.6) is 0 Å². The van der Waals surface area contributed by atoms with Crippen LogP contribution in [0, 0.1) is 5.41 Å². The van der Waals surface area contributed by atoms with Gasteiger partial charge in [-0.3, -0.25) is 15.0 Å². The van der Waals surface area contributed by atoms with Gasteiger partial charge in [0.15, 0.2) is 5.78 Å². The van der Waals surface area contributed by atoms with E-state index in [0.717, 1.165) is 12.2 Å². The van der Waals surface area contributed by atoms with Crippen molar-refractivity contribution < 1.29 is 9.59 Å². The highest BCUT2D eigenvalue weighted by Crippen LogP contribution is 2.07. The first-order valence-corrected chi connectivity index (χ1v) is 3.05. The van der Waals surface area contributed by atoms with Gasteiger partial charge in [-0.15, -0.1) is 11.6 Å². The minimum atomic E-state index is -1.07. The zero-order valence-corrected chi connectivity index (χ0v) is 5.68. The number of allylic oxidation sites excluding steroid dienone is 2. The fourth-order valence-corrected chi connectivity index (χ4v) is 0.780. The SMILES string of the molecule is N=C1C(=O)C=CC(=O)C1Cl. The number of hydrogen-bond acceptors (Lipinski definition) is 3. The maximum atomic E-state index is 10.6. The summed E-state index contributed by atoms with van der Waals surface area (Å²) in [5.41, 5.74) is -0.339. The van der Waals surface area contributed by atoms with Crippen molar-refractivity contribution in [3.8, 4) is 0 Å². The minimum absolute atomic E-state index is 0.339. The van der Waals surface area contributed by atoms with Gasteiger partial charge in [0.25, 0.3) is 0 Å². The third-order valence-electron chi connectivity index (χ3n) is 1.17. The van der Waals surface area contributed by atoms with E-state index < -0.39 is 16.9 Å². The van der Waals surface area contributed by atoms with Crippen LogP contribution in [0.1, 0.15) is 0 Å². The summed E-state index contributed by atoms with van der Waals surface area (Å²) in [5.74, 6) is -0.883. The van der Waals surface area contributed by atoms with Crippen LogP contribution < -0.4 is 0 Å². The average molecular weight is 158 g/mol. The summed E-state index contributed by atoms with van der Waals surface area (Å²) in [7, 11) is 0. The van der Waals surface area contributed by atoms with Crippen molar-refractivity contribution in [1.29, 1.82) is 5.41 Å². The van der Waals surface area contributed by atoms with E-state index in [9.17, 15) is 9.59 Å². The van der Waals surface area contributed by atoms with Gasteiger partial charge in [-0.25, -0.2) is 0 Å². The van der Waals surface area contributed by atoms with Crippen LogP contribution in [0.2, 0.25) is 0 Å². The molecule has 1 aliphatic rings. The van der Waals surface area contributed by atoms with Gasteiger partial charge < -0.3 is 0 Å². The molecule has 1 unspecified atom stereocenters. The van der Waals surface area contributed by atoms with E-state index in [0.29, 0.717) is 0 Å². The molecule has 0 bridgehead atoms. The molecule has 52 valence electrons. The van der Waals surface area contributed by atoms with Crippen molar-refractivity contribution in [2.45, 2.75) is 5.38 Å². The number of nitrogens with one attached hydrogen (secondary N) is 1. The molecule has 0 aliphatic heterocycles. The van der Waals surface area contributed by atoms with Crippen molar-refractivity contribution in [2.75, 3.05) is 0 Å². The van der Waals surface area contributed by atoms with Gasteiger partial charge in [-0.1, -0.05) is 0 Å². The third-order valence-corrected chi connectivity index (χ3v) is 1.60. The maximum Gasteiger partial charge on any atom is 0.201 e. The van der Waals surface area contributed by atoms with E-state index in [-0.39, 0.29) is 5.71 Å². The Morgan fingerprint density at radius 1 is 1.40 bits per heavy atom. The minimum Gasteiger partial charge on any atom is -0.299 e. The Bertz CT molecular complexity index is 244. The molecule has 0 spiro atoms. The van der Waals surface area contributed by atoms with Gasteiger partial charge in [0.05, 0.1) is 0 Å². The van der Waals surface area contributed by atoms with Crippen molar-refractivity contribution in [3.63, 3.8) is 0 Å². The molecular weight excluding hydrogens is 154 g/mol. The summed E-state index contributed by atoms with van der Waals surface area (Å²) in [6, 6.07) is 0. The van der Waals surface area contributed by atoms with Gasteiger partial charge in [0, 0.05) is 0 Å². The highest BCUT2D eigenvalue weighted by atomic mass is 35.5. The molecule has 10 heavy (non-hydrogen) atoms. The lowest BCUT2D eigenvalue weighted by Gasteiger charge is -2.08. The Labute approximate surface area is 62.2 Å². The molecule has 0 amide bonds. The molecule has 0 radical (unpaired) electrons. The first-order valence-electron chi connectivity index (χ1n) is 2.61.